The molecule has 1 atom stereocenters. The SMILES string of the molecule is O=C(CCCCc1ccccc1)N1CCSC(c2cc(F)ccc2F)CC1. The van der Waals surface area contributed by atoms with Crippen molar-refractivity contribution in [3.05, 3.63) is 71.3 Å². The average Bonchev–Trinajstić information content (AvgIpc) is 2.94. The molecule has 0 radical (unpaired) electrons. The lowest BCUT2D eigenvalue weighted by atomic mass is 10.1. The van der Waals surface area contributed by atoms with Crippen LogP contribution in [0, 0.1) is 11.6 Å². The minimum absolute atomic E-state index is 0.100. The van der Waals surface area contributed by atoms with Crippen LogP contribution in [-0.4, -0.2) is 29.6 Å². The second-order valence-electron chi connectivity index (χ2n) is 6.89. The smallest absolute Gasteiger partial charge is 0.222 e. The van der Waals surface area contributed by atoms with Gasteiger partial charge in [-0.1, -0.05) is 30.3 Å². The van der Waals surface area contributed by atoms with Gasteiger partial charge in [0, 0.05) is 36.1 Å². The summed E-state index contributed by atoms with van der Waals surface area (Å²) in [5.74, 6) is 0.136. The molecule has 1 aliphatic rings. The summed E-state index contributed by atoms with van der Waals surface area (Å²) >= 11 is 1.61. The molecule has 1 aliphatic heterocycles. The molecule has 3 rings (SSSR count). The van der Waals surface area contributed by atoms with E-state index in [1.807, 2.05) is 23.1 Å². The molecule has 144 valence electrons. The maximum Gasteiger partial charge on any atom is 0.222 e. The van der Waals surface area contributed by atoms with Crippen LogP contribution in [-0.2, 0) is 11.2 Å². The second kappa shape index (κ2) is 9.88. The third-order valence-electron chi connectivity index (χ3n) is 4.95. The topological polar surface area (TPSA) is 20.3 Å². The monoisotopic (exact) mass is 389 g/mol. The number of benzene rings is 2. The zero-order chi connectivity index (χ0) is 19.1. The minimum Gasteiger partial charge on any atom is -0.342 e. The maximum absolute atomic E-state index is 14.0. The Morgan fingerprint density at radius 2 is 1.89 bits per heavy atom. The summed E-state index contributed by atoms with van der Waals surface area (Å²) < 4.78 is 27.5. The van der Waals surface area contributed by atoms with Crippen molar-refractivity contribution in [2.24, 2.45) is 0 Å². The number of unbranched alkanes of at least 4 members (excludes halogenated alkanes) is 1. The number of hydrogen-bond donors (Lipinski definition) is 0. The summed E-state index contributed by atoms with van der Waals surface area (Å²) in [5, 5.41) is -0.100. The summed E-state index contributed by atoms with van der Waals surface area (Å²) in [7, 11) is 0. The lowest BCUT2D eigenvalue weighted by Gasteiger charge is -2.20. The van der Waals surface area contributed by atoms with Crippen molar-refractivity contribution in [2.75, 3.05) is 18.8 Å². The van der Waals surface area contributed by atoms with Crippen LogP contribution >= 0.6 is 11.8 Å². The van der Waals surface area contributed by atoms with E-state index in [0.717, 1.165) is 31.1 Å². The molecule has 0 N–H and O–H groups in total. The highest BCUT2D eigenvalue weighted by molar-refractivity contribution is 7.99. The first kappa shape index (κ1) is 19.9. The van der Waals surface area contributed by atoms with Gasteiger partial charge in [-0.05, 0) is 49.4 Å². The van der Waals surface area contributed by atoms with Crippen molar-refractivity contribution in [1.82, 2.24) is 4.90 Å². The number of carbonyl (C=O) groups excluding carboxylic acids is 1. The Morgan fingerprint density at radius 1 is 1.07 bits per heavy atom. The third-order valence-corrected chi connectivity index (χ3v) is 6.26. The number of rotatable bonds is 6. The highest BCUT2D eigenvalue weighted by atomic mass is 32.2. The van der Waals surface area contributed by atoms with Gasteiger partial charge in [0.1, 0.15) is 11.6 Å². The molecule has 1 fully saturated rings. The van der Waals surface area contributed by atoms with Crippen LogP contribution < -0.4 is 0 Å². The van der Waals surface area contributed by atoms with Crippen molar-refractivity contribution in [3.63, 3.8) is 0 Å². The number of nitrogens with zero attached hydrogens (tertiary/aromatic N) is 1. The standard InChI is InChI=1S/C22H25F2NOS/c23-18-10-11-20(24)19(16-18)21-12-13-25(14-15-27-21)22(26)9-5-4-8-17-6-2-1-3-7-17/h1-3,6-7,10-11,16,21H,4-5,8-9,12-15H2. The minimum atomic E-state index is -0.414. The van der Waals surface area contributed by atoms with Gasteiger partial charge in [-0.25, -0.2) is 8.78 Å². The predicted molar refractivity (Wildman–Crippen MR) is 107 cm³/mol. The van der Waals surface area contributed by atoms with Gasteiger partial charge in [0.2, 0.25) is 5.91 Å². The first-order valence-electron chi connectivity index (χ1n) is 9.52. The summed E-state index contributed by atoms with van der Waals surface area (Å²) in [4.78, 5) is 14.4. The fraction of sp³-hybridized carbons (Fsp3) is 0.409. The van der Waals surface area contributed by atoms with E-state index in [-0.39, 0.29) is 17.0 Å². The number of halogens is 2. The lowest BCUT2D eigenvalue weighted by molar-refractivity contribution is -0.131. The van der Waals surface area contributed by atoms with Crippen molar-refractivity contribution in [1.29, 1.82) is 0 Å². The quantitative estimate of drug-likeness (QED) is 0.618. The molecule has 2 aromatic rings. The van der Waals surface area contributed by atoms with E-state index in [4.69, 9.17) is 0 Å². The molecule has 0 spiro atoms. The molecule has 0 aromatic heterocycles. The molecular formula is C22H25F2NOS. The molecule has 0 bridgehead atoms. The molecule has 1 amide bonds. The number of amides is 1. The summed E-state index contributed by atoms with van der Waals surface area (Å²) in [6.07, 6.45) is 4.07. The predicted octanol–water partition coefficient (Wildman–Crippen LogP) is 5.38. The number of carbonyl (C=O) groups is 1. The van der Waals surface area contributed by atoms with Crippen LogP contribution in [0.4, 0.5) is 8.78 Å². The highest BCUT2D eigenvalue weighted by Crippen LogP contribution is 2.36. The zero-order valence-corrected chi connectivity index (χ0v) is 16.2. The Kier molecular flexibility index (Phi) is 7.27. The van der Waals surface area contributed by atoms with Gasteiger partial charge in [-0.15, -0.1) is 0 Å². The van der Waals surface area contributed by atoms with Gasteiger partial charge in [0.15, 0.2) is 0 Å². The first-order chi connectivity index (χ1) is 13.1. The van der Waals surface area contributed by atoms with Crippen LogP contribution in [0.3, 0.4) is 0 Å². The maximum atomic E-state index is 14.0. The Balaban J connectivity index is 1.46. The number of aryl methyl sites for hydroxylation is 1. The Morgan fingerprint density at radius 3 is 2.70 bits per heavy atom. The molecule has 5 heteroatoms. The van der Waals surface area contributed by atoms with Gasteiger partial charge >= 0.3 is 0 Å². The van der Waals surface area contributed by atoms with E-state index in [9.17, 15) is 13.6 Å². The van der Waals surface area contributed by atoms with Gasteiger partial charge in [-0.2, -0.15) is 11.8 Å². The van der Waals surface area contributed by atoms with Crippen molar-refractivity contribution >= 4 is 17.7 Å². The van der Waals surface area contributed by atoms with E-state index >= 15 is 0 Å². The van der Waals surface area contributed by atoms with Crippen molar-refractivity contribution in [2.45, 2.75) is 37.4 Å². The Bertz CT molecular complexity index is 753. The third kappa shape index (κ3) is 5.80. The van der Waals surface area contributed by atoms with E-state index in [0.29, 0.717) is 31.5 Å². The first-order valence-corrected chi connectivity index (χ1v) is 10.6. The van der Waals surface area contributed by atoms with Crippen LogP contribution in [0.2, 0.25) is 0 Å². The molecule has 27 heavy (non-hydrogen) atoms. The Labute approximate surface area is 164 Å². The highest BCUT2D eigenvalue weighted by Gasteiger charge is 2.24. The van der Waals surface area contributed by atoms with E-state index in [1.54, 1.807) is 11.8 Å². The van der Waals surface area contributed by atoms with Crippen LogP contribution in [0.15, 0.2) is 48.5 Å². The average molecular weight is 390 g/mol. The van der Waals surface area contributed by atoms with Gasteiger partial charge in [-0.3, -0.25) is 4.79 Å². The van der Waals surface area contributed by atoms with E-state index in [1.165, 1.54) is 17.7 Å². The van der Waals surface area contributed by atoms with Crippen molar-refractivity contribution < 1.29 is 13.6 Å². The molecule has 1 heterocycles. The number of hydrogen-bond acceptors (Lipinski definition) is 2. The van der Waals surface area contributed by atoms with Crippen LogP contribution in [0.1, 0.15) is 42.1 Å². The van der Waals surface area contributed by atoms with Gasteiger partial charge in [0.25, 0.3) is 0 Å². The second-order valence-corrected chi connectivity index (χ2v) is 8.20. The molecule has 0 aliphatic carbocycles. The molecule has 1 saturated heterocycles. The number of thioether (sulfide) groups is 1. The molecule has 2 nitrogen and oxygen atoms in total. The van der Waals surface area contributed by atoms with Gasteiger partial charge < -0.3 is 4.90 Å². The molecule has 2 aromatic carbocycles. The van der Waals surface area contributed by atoms with Crippen LogP contribution in [0.5, 0.6) is 0 Å². The van der Waals surface area contributed by atoms with Gasteiger partial charge in [0.05, 0.1) is 0 Å². The van der Waals surface area contributed by atoms with E-state index < -0.39 is 5.82 Å². The fourth-order valence-corrected chi connectivity index (χ4v) is 4.68. The fourth-order valence-electron chi connectivity index (χ4n) is 3.44. The summed E-state index contributed by atoms with van der Waals surface area (Å²) in [6, 6.07) is 13.9. The Hall–Kier alpha value is -1.88. The normalized spacial score (nSPS) is 17.6. The summed E-state index contributed by atoms with van der Waals surface area (Å²) in [6.45, 7) is 1.28. The zero-order valence-electron chi connectivity index (χ0n) is 15.4. The van der Waals surface area contributed by atoms with E-state index in [2.05, 4.69) is 12.1 Å². The van der Waals surface area contributed by atoms with Crippen molar-refractivity contribution in [3.8, 4) is 0 Å². The summed E-state index contributed by atoms with van der Waals surface area (Å²) in [5.41, 5.74) is 1.72. The lowest BCUT2D eigenvalue weighted by Crippen LogP contribution is -2.32. The van der Waals surface area contributed by atoms with Crippen LogP contribution in [0.25, 0.3) is 0 Å². The molecule has 0 saturated carbocycles. The molecule has 1 unspecified atom stereocenters. The largest absolute Gasteiger partial charge is 0.342 e. The molecular weight excluding hydrogens is 364 g/mol.